The molecule has 142 valence electrons. The third kappa shape index (κ3) is 3.13. The van der Waals surface area contributed by atoms with Crippen LogP contribution in [0.2, 0.25) is 0 Å². The maximum Gasteiger partial charge on any atom is 0.197 e. The van der Waals surface area contributed by atoms with Crippen LogP contribution in [0.25, 0.3) is 21.8 Å². The van der Waals surface area contributed by atoms with E-state index in [4.69, 9.17) is 0 Å². The van der Waals surface area contributed by atoms with Crippen LogP contribution in [0.3, 0.4) is 0 Å². The van der Waals surface area contributed by atoms with Crippen molar-refractivity contribution in [3.63, 3.8) is 0 Å². The number of carbonyl (C=O) groups is 1. The molecule has 0 unspecified atom stereocenters. The summed E-state index contributed by atoms with van der Waals surface area (Å²) >= 11 is 0. The average molecular weight is 371 g/mol. The van der Waals surface area contributed by atoms with Gasteiger partial charge in [0, 0.05) is 27.4 Å². The van der Waals surface area contributed by atoms with Crippen molar-refractivity contribution in [2.45, 2.75) is 34.1 Å². The van der Waals surface area contributed by atoms with E-state index < -0.39 is 0 Å². The number of hydrogen-bond acceptors (Lipinski definition) is 2. The summed E-state index contributed by atoms with van der Waals surface area (Å²) in [5, 5.41) is 1.31. The Balaban J connectivity index is 0.000000531. The lowest BCUT2D eigenvalue weighted by Gasteiger charge is -2.19. The Kier molecular flexibility index (Phi) is 5.74. The first-order chi connectivity index (χ1) is 13.7. The predicted molar refractivity (Wildman–Crippen MR) is 117 cm³/mol. The zero-order chi connectivity index (χ0) is 20.3. The van der Waals surface area contributed by atoms with Gasteiger partial charge in [-0.1, -0.05) is 64.1 Å². The summed E-state index contributed by atoms with van der Waals surface area (Å²) in [6.07, 6.45) is 0.680. The molecule has 28 heavy (non-hydrogen) atoms. The van der Waals surface area contributed by atoms with Crippen molar-refractivity contribution < 1.29 is 4.79 Å². The van der Waals surface area contributed by atoms with Gasteiger partial charge in [0.15, 0.2) is 11.2 Å². The number of pyridine rings is 1. The number of aromatic nitrogens is 1. The molecule has 0 atom stereocenters. The van der Waals surface area contributed by atoms with E-state index in [-0.39, 0.29) is 11.2 Å². The zero-order valence-electron chi connectivity index (χ0n) is 16.8. The van der Waals surface area contributed by atoms with Gasteiger partial charge in [0.25, 0.3) is 0 Å². The highest BCUT2D eigenvalue weighted by Gasteiger charge is 2.24. The summed E-state index contributed by atoms with van der Waals surface area (Å²) in [5.74, 6) is 0.0303. The lowest BCUT2D eigenvalue weighted by molar-refractivity contribution is 0.103. The topological polar surface area (TPSA) is 49.9 Å². The van der Waals surface area contributed by atoms with E-state index in [9.17, 15) is 9.59 Å². The molecular weight excluding hydrogens is 346 g/mol. The molecule has 0 saturated heterocycles. The van der Waals surface area contributed by atoms with Gasteiger partial charge in [0.05, 0.1) is 5.52 Å². The normalized spacial score (nSPS) is 11.6. The summed E-state index contributed by atoms with van der Waals surface area (Å²) in [5.41, 5.74) is 4.90. The molecule has 1 aliphatic rings. The van der Waals surface area contributed by atoms with Gasteiger partial charge >= 0.3 is 0 Å². The average Bonchev–Trinajstić information content (AvgIpc) is 2.76. The van der Waals surface area contributed by atoms with Crippen LogP contribution in [0.15, 0.2) is 65.5 Å². The molecule has 1 N–H and O–H groups in total. The number of rotatable bonds is 0. The Bertz CT molecular complexity index is 1220. The Morgan fingerprint density at radius 1 is 0.679 bits per heavy atom. The number of ketones is 1. The second-order valence-electron chi connectivity index (χ2n) is 6.22. The molecular formula is C25H25NO2. The van der Waals surface area contributed by atoms with E-state index in [1.54, 1.807) is 0 Å². The van der Waals surface area contributed by atoms with Crippen LogP contribution in [0, 0.1) is 0 Å². The number of benzene rings is 3. The Morgan fingerprint density at radius 3 is 2.14 bits per heavy atom. The van der Waals surface area contributed by atoms with Gasteiger partial charge in [-0.15, -0.1) is 0 Å². The SMILES string of the molecule is CC.CC.O=C1c2ccccc2Cc2cc3c(=O)c4ccccc4[nH]c3cc21. The van der Waals surface area contributed by atoms with Gasteiger partial charge in [-0.05, 0) is 41.8 Å². The second-order valence-corrected chi connectivity index (χ2v) is 6.22. The second kappa shape index (κ2) is 8.22. The molecule has 0 aliphatic heterocycles. The van der Waals surface area contributed by atoms with Gasteiger partial charge in [0.1, 0.15) is 0 Å². The molecule has 0 saturated carbocycles. The maximum absolute atomic E-state index is 12.8. The van der Waals surface area contributed by atoms with Crippen molar-refractivity contribution in [1.29, 1.82) is 0 Å². The van der Waals surface area contributed by atoms with Gasteiger partial charge in [-0.3, -0.25) is 9.59 Å². The lowest BCUT2D eigenvalue weighted by atomic mass is 9.84. The van der Waals surface area contributed by atoms with Crippen LogP contribution in [-0.2, 0) is 6.42 Å². The lowest BCUT2D eigenvalue weighted by Crippen LogP contribution is -2.16. The molecule has 3 heteroatoms. The smallest absolute Gasteiger partial charge is 0.197 e. The first-order valence-electron chi connectivity index (χ1n) is 9.92. The first kappa shape index (κ1) is 19.6. The van der Waals surface area contributed by atoms with E-state index in [1.807, 2.05) is 88.4 Å². The molecule has 1 aliphatic carbocycles. The van der Waals surface area contributed by atoms with Crippen LogP contribution >= 0.6 is 0 Å². The number of H-pyrrole nitrogens is 1. The molecule has 0 fully saturated rings. The number of carbonyl (C=O) groups excluding carboxylic acids is 1. The summed E-state index contributed by atoms with van der Waals surface area (Å²) in [4.78, 5) is 28.9. The van der Waals surface area contributed by atoms with E-state index in [0.29, 0.717) is 28.3 Å². The van der Waals surface area contributed by atoms with E-state index in [2.05, 4.69) is 4.98 Å². The number of fused-ring (bicyclic) bond motifs is 4. The van der Waals surface area contributed by atoms with Crippen LogP contribution in [0.1, 0.15) is 54.7 Å². The molecule has 0 radical (unpaired) electrons. The predicted octanol–water partition coefficient (Wildman–Crippen LogP) is 5.87. The van der Waals surface area contributed by atoms with E-state index in [1.165, 1.54) is 0 Å². The van der Waals surface area contributed by atoms with Gasteiger partial charge in [0.2, 0.25) is 0 Å². The number of hydrogen-bond donors (Lipinski definition) is 1. The van der Waals surface area contributed by atoms with Crippen LogP contribution < -0.4 is 5.43 Å². The fourth-order valence-electron chi connectivity index (χ4n) is 3.62. The Hall–Kier alpha value is -3.20. The van der Waals surface area contributed by atoms with Crippen LogP contribution in [0.4, 0.5) is 0 Å². The Labute approximate surface area is 165 Å². The summed E-state index contributed by atoms with van der Waals surface area (Å²) in [6, 6.07) is 18.8. The zero-order valence-corrected chi connectivity index (χ0v) is 16.8. The third-order valence-corrected chi connectivity index (χ3v) is 4.82. The van der Waals surface area contributed by atoms with Gasteiger partial charge in [-0.2, -0.15) is 0 Å². The largest absolute Gasteiger partial charge is 0.354 e. The van der Waals surface area contributed by atoms with E-state index >= 15 is 0 Å². The molecule has 0 amide bonds. The summed E-state index contributed by atoms with van der Waals surface area (Å²) in [7, 11) is 0. The monoisotopic (exact) mass is 371 g/mol. The number of para-hydroxylation sites is 1. The van der Waals surface area contributed by atoms with Gasteiger partial charge < -0.3 is 4.98 Å². The highest BCUT2D eigenvalue weighted by atomic mass is 16.1. The van der Waals surface area contributed by atoms with Crippen molar-refractivity contribution >= 4 is 27.6 Å². The minimum Gasteiger partial charge on any atom is -0.354 e. The highest BCUT2D eigenvalue weighted by Crippen LogP contribution is 2.29. The molecule has 5 rings (SSSR count). The summed E-state index contributed by atoms with van der Waals surface area (Å²) < 4.78 is 0. The quantitative estimate of drug-likeness (QED) is 0.346. The highest BCUT2D eigenvalue weighted by molar-refractivity contribution is 6.14. The minimum atomic E-state index is 0.00783. The molecule has 1 heterocycles. The molecule has 3 aromatic carbocycles. The molecule has 1 aromatic heterocycles. The van der Waals surface area contributed by atoms with Crippen molar-refractivity contribution in [2.24, 2.45) is 0 Å². The molecule has 0 spiro atoms. The fraction of sp³-hybridized carbons (Fsp3) is 0.200. The number of nitrogens with one attached hydrogen (secondary N) is 1. The number of aromatic amines is 1. The van der Waals surface area contributed by atoms with Gasteiger partial charge in [-0.25, -0.2) is 0 Å². The van der Waals surface area contributed by atoms with Crippen molar-refractivity contribution in [3.05, 3.63) is 93.1 Å². The molecule has 4 aromatic rings. The maximum atomic E-state index is 12.8. The third-order valence-electron chi connectivity index (χ3n) is 4.82. The van der Waals surface area contributed by atoms with Crippen LogP contribution in [-0.4, -0.2) is 10.8 Å². The van der Waals surface area contributed by atoms with Crippen molar-refractivity contribution in [1.82, 2.24) is 4.98 Å². The van der Waals surface area contributed by atoms with Crippen LogP contribution in [0.5, 0.6) is 0 Å². The fourth-order valence-corrected chi connectivity index (χ4v) is 3.62. The van der Waals surface area contributed by atoms with Crippen molar-refractivity contribution in [2.75, 3.05) is 0 Å². The van der Waals surface area contributed by atoms with Crippen molar-refractivity contribution in [3.8, 4) is 0 Å². The molecule has 3 nitrogen and oxygen atoms in total. The Morgan fingerprint density at radius 2 is 1.36 bits per heavy atom. The first-order valence-corrected chi connectivity index (χ1v) is 9.92. The summed E-state index contributed by atoms with van der Waals surface area (Å²) in [6.45, 7) is 8.00. The standard InChI is InChI=1S/C21H13NO2.2C2H6/c23-20-14-6-2-1-5-12(14)9-13-10-17-19(11-16(13)20)22-18-8-4-3-7-15(18)21(17)24;2*1-2/h1-8,10-11H,9H2,(H,22,24);2*1-2H3. The minimum absolute atomic E-state index is 0.00783. The molecule has 0 bridgehead atoms. The van der Waals surface area contributed by atoms with E-state index in [0.717, 1.165) is 22.2 Å².